The summed E-state index contributed by atoms with van der Waals surface area (Å²) in [5, 5.41) is 8.21. The predicted molar refractivity (Wildman–Crippen MR) is 87.2 cm³/mol. The van der Waals surface area contributed by atoms with Crippen molar-refractivity contribution in [2.45, 2.75) is 13.0 Å². The van der Waals surface area contributed by atoms with Crippen molar-refractivity contribution in [3.8, 4) is 11.4 Å². The molecule has 0 fully saturated rings. The SMILES string of the molecule is O=c1n(CCCOc2ccccc2)nnn1-c1ccccc1Cl. The average molecular weight is 331 g/mol. The summed E-state index contributed by atoms with van der Waals surface area (Å²) in [6.07, 6.45) is 0.649. The second-order valence-corrected chi connectivity index (χ2v) is 5.27. The van der Waals surface area contributed by atoms with E-state index in [1.54, 1.807) is 24.3 Å². The zero-order valence-corrected chi connectivity index (χ0v) is 13.1. The van der Waals surface area contributed by atoms with Crippen LogP contribution in [0.2, 0.25) is 5.02 Å². The Morgan fingerprint density at radius 3 is 2.52 bits per heavy atom. The van der Waals surface area contributed by atoms with Crippen molar-refractivity contribution in [3.63, 3.8) is 0 Å². The van der Waals surface area contributed by atoms with Gasteiger partial charge in [0.15, 0.2) is 0 Å². The van der Waals surface area contributed by atoms with Crippen LogP contribution >= 0.6 is 11.6 Å². The van der Waals surface area contributed by atoms with Gasteiger partial charge in [-0.25, -0.2) is 4.79 Å². The number of hydrogen-bond acceptors (Lipinski definition) is 4. The lowest BCUT2D eigenvalue weighted by molar-refractivity contribution is 0.297. The van der Waals surface area contributed by atoms with Crippen molar-refractivity contribution < 1.29 is 4.74 Å². The highest BCUT2D eigenvalue weighted by atomic mass is 35.5. The highest BCUT2D eigenvalue weighted by Gasteiger charge is 2.11. The second-order valence-electron chi connectivity index (χ2n) is 4.86. The van der Waals surface area contributed by atoms with E-state index in [-0.39, 0.29) is 5.69 Å². The van der Waals surface area contributed by atoms with Crippen LogP contribution in [0.15, 0.2) is 59.4 Å². The molecule has 0 saturated heterocycles. The lowest BCUT2D eigenvalue weighted by Gasteiger charge is -2.05. The fourth-order valence-corrected chi connectivity index (χ4v) is 2.33. The van der Waals surface area contributed by atoms with Gasteiger partial charge < -0.3 is 4.74 Å². The third-order valence-corrected chi connectivity index (χ3v) is 3.57. The molecule has 0 amide bonds. The first-order chi connectivity index (χ1) is 11.3. The molecule has 118 valence electrons. The van der Waals surface area contributed by atoms with E-state index in [2.05, 4.69) is 10.4 Å². The Bertz CT molecular complexity index is 829. The van der Waals surface area contributed by atoms with Crippen molar-refractivity contribution in [2.75, 3.05) is 6.61 Å². The minimum absolute atomic E-state index is 0.321. The van der Waals surface area contributed by atoms with Gasteiger partial charge in [-0.1, -0.05) is 41.9 Å². The highest BCUT2D eigenvalue weighted by Crippen LogP contribution is 2.16. The van der Waals surface area contributed by atoms with E-state index >= 15 is 0 Å². The van der Waals surface area contributed by atoms with Crippen LogP contribution in [0.1, 0.15) is 6.42 Å². The van der Waals surface area contributed by atoms with Gasteiger partial charge >= 0.3 is 5.69 Å². The van der Waals surface area contributed by atoms with Gasteiger partial charge in [0.25, 0.3) is 0 Å². The summed E-state index contributed by atoms with van der Waals surface area (Å²) in [6.45, 7) is 0.922. The molecule has 0 radical (unpaired) electrons. The molecule has 0 bridgehead atoms. The topological polar surface area (TPSA) is 61.9 Å². The standard InChI is InChI=1S/C16H15ClN4O2/c17-14-9-4-5-10-15(14)21-16(22)20(18-19-21)11-6-12-23-13-7-2-1-3-8-13/h1-5,7-10H,6,11-12H2. The van der Waals surface area contributed by atoms with E-state index in [9.17, 15) is 4.79 Å². The molecule has 0 aliphatic rings. The number of halogens is 1. The first-order valence-electron chi connectivity index (χ1n) is 7.21. The van der Waals surface area contributed by atoms with Crippen LogP contribution in [0.5, 0.6) is 5.75 Å². The smallest absolute Gasteiger partial charge is 0.368 e. The summed E-state index contributed by atoms with van der Waals surface area (Å²) in [7, 11) is 0. The van der Waals surface area contributed by atoms with E-state index < -0.39 is 0 Å². The van der Waals surface area contributed by atoms with Crippen molar-refractivity contribution in [1.82, 2.24) is 19.8 Å². The molecular formula is C16H15ClN4O2. The Morgan fingerprint density at radius 2 is 1.74 bits per heavy atom. The summed E-state index contributed by atoms with van der Waals surface area (Å²) in [4.78, 5) is 12.3. The zero-order chi connectivity index (χ0) is 16.1. The number of para-hydroxylation sites is 2. The molecule has 0 unspecified atom stereocenters. The van der Waals surface area contributed by atoms with Gasteiger partial charge in [0, 0.05) is 6.42 Å². The van der Waals surface area contributed by atoms with E-state index in [0.717, 1.165) is 5.75 Å². The number of aryl methyl sites for hydroxylation is 1. The maximum Gasteiger partial charge on any atom is 0.368 e. The third-order valence-electron chi connectivity index (χ3n) is 3.25. The van der Waals surface area contributed by atoms with Crippen LogP contribution in [0, 0.1) is 0 Å². The number of tetrazole rings is 1. The first-order valence-corrected chi connectivity index (χ1v) is 7.59. The molecule has 0 atom stereocenters. The Balaban J connectivity index is 1.62. The molecule has 3 rings (SSSR count). The molecule has 6 nitrogen and oxygen atoms in total. The number of ether oxygens (including phenoxy) is 1. The fraction of sp³-hybridized carbons (Fsp3) is 0.188. The maximum absolute atomic E-state index is 12.3. The molecule has 23 heavy (non-hydrogen) atoms. The van der Waals surface area contributed by atoms with Gasteiger partial charge in [-0.3, -0.25) is 0 Å². The summed E-state index contributed by atoms with van der Waals surface area (Å²) in [6, 6.07) is 16.5. The molecule has 1 heterocycles. The van der Waals surface area contributed by atoms with Crippen LogP contribution in [0.3, 0.4) is 0 Å². The predicted octanol–water partition coefficient (Wildman–Crippen LogP) is 2.55. The molecule has 7 heteroatoms. The molecule has 1 aromatic heterocycles. The first kappa shape index (κ1) is 15.3. The molecular weight excluding hydrogens is 316 g/mol. The summed E-state index contributed by atoms with van der Waals surface area (Å²) >= 11 is 6.08. The minimum Gasteiger partial charge on any atom is -0.494 e. The zero-order valence-electron chi connectivity index (χ0n) is 12.3. The van der Waals surface area contributed by atoms with Crippen molar-refractivity contribution >= 4 is 11.6 Å². The fourth-order valence-electron chi connectivity index (χ4n) is 2.11. The number of rotatable bonds is 6. The highest BCUT2D eigenvalue weighted by molar-refractivity contribution is 6.32. The number of nitrogens with zero attached hydrogens (tertiary/aromatic N) is 4. The van der Waals surface area contributed by atoms with Crippen molar-refractivity contribution in [2.24, 2.45) is 0 Å². The van der Waals surface area contributed by atoms with E-state index in [1.807, 2.05) is 30.3 Å². The van der Waals surface area contributed by atoms with Crippen molar-refractivity contribution in [1.29, 1.82) is 0 Å². The normalized spacial score (nSPS) is 10.7. The van der Waals surface area contributed by atoms with E-state index in [0.29, 0.717) is 30.3 Å². The molecule has 2 aromatic carbocycles. The van der Waals surface area contributed by atoms with Gasteiger partial charge in [-0.2, -0.15) is 9.36 Å². The molecule has 0 N–H and O–H groups in total. The van der Waals surface area contributed by atoms with Crippen LogP contribution in [0.25, 0.3) is 5.69 Å². The van der Waals surface area contributed by atoms with Crippen molar-refractivity contribution in [3.05, 3.63) is 70.1 Å². The third kappa shape index (κ3) is 3.60. The molecule has 0 spiro atoms. The monoisotopic (exact) mass is 330 g/mol. The quantitative estimate of drug-likeness (QED) is 0.652. The van der Waals surface area contributed by atoms with Crippen LogP contribution in [0.4, 0.5) is 0 Å². The lowest BCUT2D eigenvalue weighted by atomic mass is 10.3. The van der Waals surface area contributed by atoms with Gasteiger partial charge in [-0.15, -0.1) is 0 Å². The number of hydrogen-bond donors (Lipinski definition) is 0. The average Bonchev–Trinajstić information content (AvgIpc) is 2.94. The molecule has 3 aromatic rings. The van der Waals surface area contributed by atoms with Gasteiger partial charge in [0.2, 0.25) is 0 Å². The largest absolute Gasteiger partial charge is 0.494 e. The molecule has 0 aliphatic carbocycles. The van der Waals surface area contributed by atoms with Gasteiger partial charge in [0.1, 0.15) is 5.75 Å². The van der Waals surface area contributed by atoms with Crippen LogP contribution in [-0.2, 0) is 6.54 Å². The van der Waals surface area contributed by atoms with Crippen LogP contribution in [-0.4, -0.2) is 26.4 Å². The Labute approximate surface area is 137 Å². The number of benzene rings is 2. The Kier molecular flexibility index (Phi) is 4.73. The van der Waals surface area contributed by atoms with Crippen LogP contribution < -0.4 is 10.4 Å². The number of aromatic nitrogens is 4. The summed E-state index contributed by atoms with van der Waals surface area (Å²) in [5.74, 6) is 0.805. The molecule has 0 saturated carbocycles. The Morgan fingerprint density at radius 1 is 1.00 bits per heavy atom. The van der Waals surface area contributed by atoms with Gasteiger partial charge in [0.05, 0.1) is 23.9 Å². The van der Waals surface area contributed by atoms with Gasteiger partial charge in [-0.05, 0) is 34.7 Å². The van der Waals surface area contributed by atoms with E-state index in [4.69, 9.17) is 16.3 Å². The second kappa shape index (κ2) is 7.11. The Hall–Kier alpha value is -2.60. The summed E-state index contributed by atoms with van der Waals surface area (Å²) in [5.41, 5.74) is 0.198. The summed E-state index contributed by atoms with van der Waals surface area (Å²) < 4.78 is 8.08. The maximum atomic E-state index is 12.3. The van der Waals surface area contributed by atoms with E-state index in [1.165, 1.54) is 9.36 Å². The molecule has 0 aliphatic heterocycles. The minimum atomic E-state index is -0.321. The lowest BCUT2D eigenvalue weighted by Crippen LogP contribution is -2.25.